The summed E-state index contributed by atoms with van der Waals surface area (Å²) in [5, 5.41) is 7.75. The third-order valence-corrected chi connectivity index (χ3v) is 2.72. The highest BCUT2D eigenvalue weighted by atomic mass is 16.5. The minimum absolute atomic E-state index is 0.450. The molecule has 1 aliphatic rings. The normalized spacial score (nSPS) is 20.9. The Morgan fingerprint density at radius 1 is 1.71 bits per heavy atom. The molecule has 0 saturated carbocycles. The van der Waals surface area contributed by atoms with Gasteiger partial charge >= 0.3 is 0 Å². The zero-order valence-corrected chi connectivity index (χ0v) is 8.79. The summed E-state index contributed by atoms with van der Waals surface area (Å²) >= 11 is 0. The molecule has 2 rings (SSSR count). The van der Waals surface area contributed by atoms with Crippen LogP contribution in [0, 0.1) is 0 Å². The zero-order chi connectivity index (χ0) is 9.97. The van der Waals surface area contributed by atoms with Crippen LogP contribution in [0.15, 0.2) is 6.20 Å². The number of aromatic nitrogens is 2. The fourth-order valence-electron chi connectivity index (χ4n) is 2.11. The summed E-state index contributed by atoms with van der Waals surface area (Å²) in [6.45, 7) is 5.77. The first kappa shape index (κ1) is 9.68. The SMILES string of the molecule is CCn1ncc2c1C(COC)CNC2. The number of methoxy groups -OCH3 is 1. The molecule has 14 heavy (non-hydrogen) atoms. The third-order valence-electron chi connectivity index (χ3n) is 2.72. The van der Waals surface area contributed by atoms with Crippen LogP contribution in [0.25, 0.3) is 0 Å². The standard InChI is InChI=1S/C10H17N3O/c1-3-13-10-8(6-12-13)4-11-5-9(10)7-14-2/h6,9,11H,3-5,7H2,1-2H3. The topological polar surface area (TPSA) is 39.1 Å². The van der Waals surface area contributed by atoms with Gasteiger partial charge in [-0.15, -0.1) is 0 Å². The van der Waals surface area contributed by atoms with Crippen LogP contribution in [0.5, 0.6) is 0 Å². The maximum absolute atomic E-state index is 5.23. The summed E-state index contributed by atoms with van der Waals surface area (Å²) in [6.07, 6.45) is 1.97. The van der Waals surface area contributed by atoms with Gasteiger partial charge in [-0.2, -0.15) is 5.10 Å². The van der Waals surface area contributed by atoms with Crippen LogP contribution in [0.2, 0.25) is 0 Å². The van der Waals surface area contributed by atoms with E-state index >= 15 is 0 Å². The van der Waals surface area contributed by atoms with Crippen LogP contribution in [-0.4, -0.2) is 30.0 Å². The van der Waals surface area contributed by atoms with Crippen LogP contribution in [0.1, 0.15) is 24.1 Å². The molecule has 1 unspecified atom stereocenters. The number of nitrogens with one attached hydrogen (secondary N) is 1. The van der Waals surface area contributed by atoms with E-state index in [-0.39, 0.29) is 0 Å². The van der Waals surface area contributed by atoms with Crippen LogP contribution in [0.4, 0.5) is 0 Å². The van der Waals surface area contributed by atoms with E-state index in [2.05, 4.69) is 22.0 Å². The van der Waals surface area contributed by atoms with Gasteiger partial charge in [-0.05, 0) is 6.92 Å². The first-order chi connectivity index (χ1) is 6.86. The maximum Gasteiger partial charge on any atom is 0.0558 e. The molecule has 0 spiro atoms. The quantitative estimate of drug-likeness (QED) is 0.773. The Labute approximate surface area is 84.3 Å². The average Bonchev–Trinajstić information content (AvgIpc) is 2.62. The van der Waals surface area contributed by atoms with E-state index in [9.17, 15) is 0 Å². The molecule has 78 valence electrons. The molecule has 1 atom stereocenters. The molecule has 0 fully saturated rings. The van der Waals surface area contributed by atoms with Gasteiger partial charge in [-0.25, -0.2) is 0 Å². The number of ether oxygens (including phenoxy) is 1. The van der Waals surface area contributed by atoms with Gasteiger partial charge < -0.3 is 10.1 Å². The Hall–Kier alpha value is -0.870. The van der Waals surface area contributed by atoms with E-state index < -0.39 is 0 Å². The van der Waals surface area contributed by atoms with E-state index in [4.69, 9.17) is 4.74 Å². The molecular weight excluding hydrogens is 178 g/mol. The molecular formula is C10H17N3O. The van der Waals surface area contributed by atoms with Crippen molar-refractivity contribution in [1.82, 2.24) is 15.1 Å². The summed E-state index contributed by atoms with van der Waals surface area (Å²) in [5.74, 6) is 0.450. The van der Waals surface area contributed by atoms with Crippen molar-refractivity contribution in [2.45, 2.75) is 25.9 Å². The van der Waals surface area contributed by atoms with Crippen molar-refractivity contribution in [1.29, 1.82) is 0 Å². The molecule has 0 saturated heterocycles. The molecule has 4 nitrogen and oxygen atoms in total. The highest BCUT2D eigenvalue weighted by Gasteiger charge is 2.23. The Balaban J connectivity index is 2.30. The van der Waals surface area contributed by atoms with Crippen molar-refractivity contribution in [3.05, 3.63) is 17.5 Å². The van der Waals surface area contributed by atoms with Crippen molar-refractivity contribution < 1.29 is 4.74 Å². The summed E-state index contributed by atoms with van der Waals surface area (Å²) in [4.78, 5) is 0. The second-order valence-corrected chi connectivity index (χ2v) is 3.65. The average molecular weight is 195 g/mol. The van der Waals surface area contributed by atoms with Crippen molar-refractivity contribution in [2.24, 2.45) is 0 Å². The molecule has 0 amide bonds. The van der Waals surface area contributed by atoms with Gasteiger partial charge in [0.15, 0.2) is 0 Å². The lowest BCUT2D eigenvalue weighted by molar-refractivity contribution is 0.171. The van der Waals surface area contributed by atoms with Crippen LogP contribution in [0.3, 0.4) is 0 Å². The van der Waals surface area contributed by atoms with E-state index in [0.717, 1.165) is 26.2 Å². The van der Waals surface area contributed by atoms with Crippen molar-refractivity contribution in [2.75, 3.05) is 20.3 Å². The molecule has 4 heteroatoms. The highest BCUT2D eigenvalue weighted by molar-refractivity contribution is 5.25. The fourth-order valence-corrected chi connectivity index (χ4v) is 2.11. The van der Waals surface area contributed by atoms with Gasteiger partial charge in [0.05, 0.1) is 12.8 Å². The summed E-state index contributed by atoms with van der Waals surface area (Å²) in [7, 11) is 1.75. The smallest absolute Gasteiger partial charge is 0.0558 e. The van der Waals surface area contributed by atoms with Gasteiger partial charge in [0.1, 0.15) is 0 Å². The zero-order valence-electron chi connectivity index (χ0n) is 8.79. The van der Waals surface area contributed by atoms with E-state index in [1.54, 1.807) is 7.11 Å². The number of nitrogens with zero attached hydrogens (tertiary/aromatic N) is 2. The van der Waals surface area contributed by atoms with Gasteiger partial charge in [0, 0.05) is 43.9 Å². The predicted octanol–water partition coefficient (Wildman–Crippen LogP) is 0.736. The summed E-state index contributed by atoms with van der Waals surface area (Å²) in [6, 6.07) is 0. The lowest BCUT2D eigenvalue weighted by atomic mass is 9.99. The maximum atomic E-state index is 5.23. The molecule has 0 aromatic carbocycles. The molecule has 1 aromatic heterocycles. The van der Waals surface area contributed by atoms with Crippen LogP contribution < -0.4 is 5.32 Å². The molecule has 0 bridgehead atoms. The first-order valence-electron chi connectivity index (χ1n) is 5.11. The molecule has 1 N–H and O–H groups in total. The fraction of sp³-hybridized carbons (Fsp3) is 0.700. The van der Waals surface area contributed by atoms with Gasteiger partial charge in [0.2, 0.25) is 0 Å². The molecule has 1 aliphatic heterocycles. The second kappa shape index (κ2) is 4.11. The molecule has 0 aliphatic carbocycles. The minimum atomic E-state index is 0.450. The number of rotatable bonds is 3. The lowest BCUT2D eigenvalue weighted by Crippen LogP contribution is -2.31. The molecule has 1 aromatic rings. The Morgan fingerprint density at radius 2 is 2.57 bits per heavy atom. The monoisotopic (exact) mass is 195 g/mol. The Kier molecular flexibility index (Phi) is 2.84. The van der Waals surface area contributed by atoms with Gasteiger partial charge in [-0.1, -0.05) is 0 Å². The number of hydrogen-bond acceptors (Lipinski definition) is 3. The van der Waals surface area contributed by atoms with Crippen molar-refractivity contribution in [3.8, 4) is 0 Å². The Bertz CT molecular complexity index is 295. The lowest BCUT2D eigenvalue weighted by Gasteiger charge is -2.24. The predicted molar refractivity (Wildman–Crippen MR) is 54.2 cm³/mol. The summed E-state index contributed by atoms with van der Waals surface area (Å²) < 4.78 is 7.31. The number of fused-ring (bicyclic) bond motifs is 1. The number of hydrogen-bond donors (Lipinski definition) is 1. The summed E-state index contributed by atoms with van der Waals surface area (Å²) in [5.41, 5.74) is 2.67. The Morgan fingerprint density at radius 3 is 3.29 bits per heavy atom. The second-order valence-electron chi connectivity index (χ2n) is 3.65. The highest BCUT2D eigenvalue weighted by Crippen LogP contribution is 2.23. The first-order valence-corrected chi connectivity index (χ1v) is 5.11. The van der Waals surface area contributed by atoms with E-state index in [0.29, 0.717) is 5.92 Å². The number of aryl methyl sites for hydroxylation is 1. The van der Waals surface area contributed by atoms with Crippen molar-refractivity contribution >= 4 is 0 Å². The van der Waals surface area contributed by atoms with E-state index in [1.165, 1.54) is 11.3 Å². The largest absolute Gasteiger partial charge is 0.384 e. The minimum Gasteiger partial charge on any atom is -0.384 e. The van der Waals surface area contributed by atoms with Crippen molar-refractivity contribution in [3.63, 3.8) is 0 Å². The molecule has 2 heterocycles. The van der Waals surface area contributed by atoms with E-state index in [1.807, 2.05) is 6.20 Å². The van der Waals surface area contributed by atoms with Crippen LogP contribution >= 0.6 is 0 Å². The third kappa shape index (κ3) is 1.55. The van der Waals surface area contributed by atoms with Gasteiger partial charge in [-0.3, -0.25) is 4.68 Å². The van der Waals surface area contributed by atoms with Crippen LogP contribution in [-0.2, 0) is 17.8 Å². The van der Waals surface area contributed by atoms with Gasteiger partial charge in [0.25, 0.3) is 0 Å². The molecule has 0 radical (unpaired) electrons.